The summed E-state index contributed by atoms with van der Waals surface area (Å²) in [7, 11) is -2.16. The molecule has 1 aromatic carbocycles. The molecule has 1 aliphatic rings. The fraction of sp³-hybridized carbons (Fsp3) is 0.500. The van der Waals surface area contributed by atoms with Crippen molar-refractivity contribution in [1.82, 2.24) is 4.72 Å². The van der Waals surface area contributed by atoms with Gasteiger partial charge in [0.2, 0.25) is 10.0 Å². The molecule has 112 valence electrons. The largest absolute Gasteiger partial charge is 0.495 e. The van der Waals surface area contributed by atoms with Gasteiger partial charge in [-0.25, -0.2) is 13.1 Å². The van der Waals surface area contributed by atoms with Gasteiger partial charge in [-0.3, -0.25) is 0 Å². The third-order valence-corrected chi connectivity index (χ3v) is 4.32. The van der Waals surface area contributed by atoms with Crippen LogP contribution in [0.25, 0.3) is 0 Å². The molecule has 7 nitrogen and oxygen atoms in total. The Morgan fingerprint density at radius 2 is 2.25 bits per heavy atom. The van der Waals surface area contributed by atoms with Crippen molar-refractivity contribution in [3.8, 4) is 5.75 Å². The second kappa shape index (κ2) is 6.40. The van der Waals surface area contributed by atoms with Gasteiger partial charge in [-0.15, -0.1) is 0 Å². The number of hydrogen-bond donors (Lipinski definition) is 2. The number of methoxy groups -OCH3 is 1. The maximum absolute atomic E-state index is 12.1. The number of ether oxygens (including phenoxy) is 3. The van der Waals surface area contributed by atoms with E-state index in [1.54, 1.807) is 0 Å². The van der Waals surface area contributed by atoms with E-state index in [2.05, 4.69) is 4.72 Å². The van der Waals surface area contributed by atoms with Gasteiger partial charge >= 0.3 is 0 Å². The van der Waals surface area contributed by atoms with Crippen LogP contribution in [-0.4, -0.2) is 48.0 Å². The summed E-state index contributed by atoms with van der Waals surface area (Å²) in [5.41, 5.74) is 5.98. The zero-order valence-corrected chi connectivity index (χ0v) is 12.0. The summed E-state index contributed by atoms with van der Waals surface area (Å²) in [6.45, 7) is 1.56. The second-order valence-electron chi connectivity index (χ2n) is 4.32. The highest BCUT2D eigenvalue weighted by Gasteiger charge is 2.20. The Hall–Kier alpha value is -1.35. The molecule has 0 aliphatic carbocycles. The van der Waals surface area contributed by atoms with E-state index in [0.717, 1.165) is 0 Å². The summed E-state index contributed by atoms with van der Waals surface area (Å²) in [6, 6.07) is 4.32. The first-order valence-electron chi connectivity index (χ1n) is 6.15. The van der Waals surface area contributed by atoms with Crippen molar-refractivity contribution in [1.29, 1.82) is 0 Å². The molecule has 1 atom stereocenters. The Kier molecular flexibility index (Phi) is 4.81. The van der Waals surface area contributed by atoms with Crippen LogP contribution in [0, 0.1) is 0 Å². The van der Waals surface area contributed by atoms with Crippen LogP contribution >= 0.6 is 0 Å². The van der Waals surface area contributed by atoms with E-state index >= 15 is 0 Å². The summed E-state index contributed by atoms with van der Waals surface area (Å²) >= 11 is 0. The molecule has 20 heavy (non-hydrogen) atoms. The number of nitrogens with one attached hydrogen (secondary N) is 1. The van der Waals surface area contributed by atoms with Crippen molar-refractivity contribution in [3.63, 3.8) is 0 Å². The Morgan fingerprint density at radius 3 is 2.85 bits per heavy atom. The van der Waals surface area contributed by atoms with E-state index in [1.165, 1.54) is 25.3 Å². The van der Waals surface area contributed by atoms with Crippen molar-refractivity contribution in [2.24, 2.45) is 0 Å². The molecule has 1 unspecified atom stereocenters. The van der Waals surface area contributed by atoms with Gasteiger partial charge in [0, 0.05) is 6.54 Å². The van der Waals surface area contributed by atoms with Crippen molar-refractivity contribution in [2.75, 3.05) is 39.2 Å². The predicted octanol–water partition coefficient (Wildman–Crippen LogP) is -0.0289. The number of sulfonamides is 1. The Labute approximate surface area is 118 Å². The van der Waals surface area contributed by atoms with E-state index in [1.807, 2.05) is 0 Å². The Balaban J connectivity index is 2.04. The minimum Gasteiger partial charge on any atom is -0.495 e. The summed E-state index contributed by atoms with van der Waals surface area (Å²) in [5, 5.41) is 0. The maximum Gasteiger partial charge on any atom is 0.240 e. The first-order valence-corrected chi connectivity index (χ1v) is 7.64. The van der Waals surface area contributed by atoms with E-state index in [0.29, 0.717) is 25.6 Å². The van der Waals surface area contributed by atoms with Crippen LogP contribution in [0.15, 0.2) is 23.1 Å². The van der Waals surface area contributed by atoms with Crippen molar-refractivity contribution in [2.45, 2.75) is 11.0 Å². The van der Waals surface area contributed by atoms with E-state index in [9.17, 15) is 8.42 Å². The lowest BCUT2D eigenvalue weighted by Crippen LogP contribution is -2.39. The van der Waals surface area contributed by atoms with Gasteiger partial charge in [-0.2, -0.15) is 0 Å². The van der Waals surface area contributed by atoms with Gasteiger partial charge in [-0.05, 0) is 18.2 Å². The summed E-state index contributed by atoms with van der Waals surface area (Å²) < 4.78 is 42.3. The van der Waals surface area contributed by atoms with E-state index in [4.69, 9.17) is 19.9 Å². The highest BCUT2D eigenvalue weighted by molar-refractivity contribution is 7.89. The smallest absolute Gasteiger partial charge is 0.240 e. The third kappa shape index (κ3) is 3.60. The topological polar surface area (TPSA) is 99.9 Å². The molecular weight excluding hydrogens is 284 g/mol. The molecule has 1 fully saturated rings. The molecule has 1 saturated heterocycles. The average Bonchev–Trinajstić information content (AvgIpc) is 2.46. The highest BCUT2D eigenvalue weighted by Crippen LogP contribution is 2.24. The minimum atomic E-state index is -3.63. The van der Waals surface area contributed by atoms with Crippen LogP contribution in [0.5, 0.6) is 5.75 Å². The molecule has 3 N–H and O–H groups in total. The number of hydrogen-bond acceptors (Lipinski definition) is 6. The summed E-state index contributed by atoms with van der Waals surface area (Å²) in [6.07, 6.45) is -0.269. The SMILES string of the molecule is COc1ccc(S(=O)(=O)NCC2COCCO2)cc1N. The molecule has 8 heteroatoms. The predicted molar refractivity (Wildman–Crippen MR) is 73.2 cm³/mol. The molecule has 0 spiro atoms. The van der Waals surface area contributed by atoms with Crippen LogP contribution in [0.3, 0.4) is 0 Å². The fourth-order valence-corrected chi connectivity index (χ4v) is 2.92. The van der Waals surface area contributed by atoms with Crippen LogP contribution < -0.4 is 15.2 Å². The van der Waals surface area contributed by atoms with Gasteiger partial charge in [-0.1, -0.05) is 0 Å². The Morgan fingerprint density at radius 1 is 1.45 bits per heavy atom. The number of nitrogens with two attached hydrogens (primary N) is 1. The number of nitrogen functional groups attached to an aromatic ring is 1. The lowest BCUT2D eigenvalue weighted by molar-refractivity contribution is -0.0846. The first-order chi connectivity index (χ1) is 9.53. The molecule has 0 radical (unpaired) electrons. The zero-order valence-electron chi connectivity index (χ0n) is 11.2. The summed E-state index contributed by atoms with van der Waals surface area (Å²) in [4.78, 5) is 0.0903. The maximum atomic E-state index is 12.1. The molecule has 1 aliphatic heterocycles. The van der Waals surface area contributed by atoms with Crippen molar-refractivity contribution in [3.05, 3.63) is 18.2 Å². The molecule has 1 aromatic rings. The van der Waals surface area contributed by atoms with E-state index < -0.39 is 10.0 Å². The number of anilines is 1. The molecular formula is C12H18N2O5S. The zero-order chi connectivity index (χ0) is 14.6. The normalized spacial score (nSPS) is 19.8. The number of rotatable bonds is 5. The lowest BCUT2D eigenvalue weighted by Gasteiger charge is -2.23. The molecule has 0 amide bonds. The standard InChI is InChI=1S/C12H18N2O5S/c1-17-12-3-2-10(6-11(12)13)20(15,16)14-7-9-8-18-4-5-19-9/h2-3,6,9,14H,4-5,7-8,13H2,1H3. The number of benzene rings is 1. The van der Waals surface area contributed by atoms with Crippen LogP contribution in [0.2, 0.25) is 0 Å². The quantitative estimate of drug-likeness (QED) is 0.741. The third-order valence-electron chi connectivity index (χ3n) is 2.90. The monoisotopic (exact) mass is 302 g/mol. The lowest BCUT2D eigenvalue weighted by atomic mass is 10.3. The fourth-order valence-electron chi connectivity index (χ4n) is 1.82. The van der Waals surface area contributed by atoms with Gasteiger partial charge < -0.3 is 19.9 Å². The van der Waals surface area contributed by atoms with Gasteiger partial charge in [0.1, 0.15) is 5.75 Å². The van der Waals surface area contributed by atoms with Gasteiger partial charge in [0.15, 0.2) is 0 Å². The second-order valence-corrected chi connectivity index (χ2v) is 6.09. The molecule has 1 heterocycles. The molecule has 0 saturated carbocycles. The van der Waals surface area contributed by atoms with Crippen molar-refractivity contribution < 1.29 is 22.6 Å². The minimum absolute atomic E-state index is 0.0903. The van der Waals surface area contributed by atoms with Gasteiger partial charge in [0.25, 0.3) is 0 Å². The average molecular weight is 302 g/mol. The first kappa shape index (κ1) is 15.0. The molecule has 0 bridgehead atoms. The molecule has 2 rings (SSSR count). The van der Waals surface area contributed by atoms with E-state index in [-0.39, 0.29) is 23.2 Å². The van der Waals surface area contributed by atoms with Gasteiger partial charge in [0.05, 0.1) is 43.6 Å². The highest BCUT2D eigenvalue weighted by atomic mass is 32.2. The van der Waals surface area contributed by atoms with Crippen LogP contribution in [0.4, 0.5) is 5.69 Å². The Bertz CT molecular complexity index is 555. The van der Waals surface area contributed by atoms with Crippen LogP contribution in [-0.2, 0) is 19.5 Å². The molecule has 0 aromatic heterocycles. The summed E-state index contributed by atoms with van der Waals surface area (Å²) in [5.74, 6) is 0.438. The van der Waals surface area contributed by atoms with Crippen molar-refractivity contribution >= 4 is 15.7 Å². The van der Waals surface area contributed by atoms with Crippen LogP contribution in [0.1, 0.15) is 0 Å².